The van der Waals surface area contributed by atoms with Gasteiger partial charge in [-0.05, 0) is 30.0 Å². The average Bonchev–Trinajstić information content (AvgIpc) is 3.25. The highest BCUT2D eigenvalue weighted by atomic mass is 16.4. The molecule has 0 radical (unpaired) electrons. The number of aromatic hydroxyl groups is 1. The Bertz CT molecular complexity index is 1270. The van der Waals surface area contributed by atoms with E-state index in [1.54, 1.807) is 6.07 Å². The van der Waals surface area contributed by atoms with Gasteiger partial charge in [0.25, 0.3) is 5.91 Å². The predicted molar refractivity (Wildman–Crippen MR) is 129 cm³/mol. The molecule has 1 aliphatic rings. The van der Waals surface area contributed by atoms with E-state index >= 15 is 0 Å². The van der Waals surface area contributed by atoms with Crippen LogP contribution in [0.15, 0.2) is 54.7 Å². The summed E-state index contributed by atoms with van der Waals surface area (Å²) in [6, 6.07) is 17.6. The Labute approximate surface area is 202 Å². The molecule has 0 atom stereocenters. The molecule has 2 heterocycles. The summed E-state index contributed by atoms with van der Waals surface area (Å²) in [6.45, 7) is 1.93. The van der Waals surface area contributed by atoms with Crippen LogP contribution in [0.25, 0.3) is 11.1 Å². The maximum absolute atomic E-state index is 11.8. The molecule has 3 aromatic rings. The molecule has 2 amide bonds. The number of carbonyl (C=O) groups excluding carboxylic acids is 1. The van der Waals surface area contributed by atoms with E-state index < -0.39 is 17.5 Å². The molecule has 2 aromatic carbocycles. The number of amides is 2. The number of nitrogens with zero attached hydrogens (tertiary/aromatic N) is 4. The smallest absolute Gasteiger partial charge is 0.410 e. The highest BCUT2D eigenvalue weighted by Crippen LogP contribution is 2.36. The second kappa shape index (κ2) is 9.87. The van der Waals surface area contributed by atoms with Gasteiger partial charge in [-0.25, -0.2) is 4.79 Å². The van der Waals surface area contributed by atoms with Gasteiger partial charge in [0.15, 0.2) is 5.82 Å². The third-order valence-electron chi connectivity index (χ3n) is 6.44. The third-order valence-corrected chi connectivity index (χ3v) is 6.44. The standard InChI is InChI=1S/C25H26N6O4/c26-11-8-25(31-16-20(22(27)33)23(29-31)28-24(34)35)9-12-30(13-10-25)15-17-6-7-19(21(32)14-17)18-4-2-1-3-5-18/h1-7,14,16,32H,8-10,12-13,15H2,(H2,27,33)(H,28,29)(H,34,35). The first-order chi connectivity index (χ1) is 16.8. The quantitative estimate of drug-likeness (QED) is 0.409. The monoisotopic (exact) mass is 474 g/mol. The van der Waals surface area contributed by atoms with Crippen molar-refractivity contribution in [2.24, 2.45) is 5.73 Å². The van der Waals surface area contributed by atoms with Gasteiger partial charge in [-0.1, -0.05) is 42.5 Å². The van der Waals surface area contributed by atoms with E-state index in [1.807, 2.05) is 42.5 Å². The number of piperidine rings is 1. The topological polar surface area (TPSA) is 158 Å². The second-order valence-corrected chi connectivity index (χ2v) is 8.68. The third kappa shape index (κ3) is 5.10. The Kier molecular flexibility index (Phi) is 6.71. The Morgan fingerprint density at radius 1 is 1.17 bits per heavy atom. The van der Waals surface area contributed by atoms with Crippen LogP contribution >= 0.6 is 0 Å². The fourth-order valence-corrected chi connectivity index (χ4v) is 4.55. The van der Waals surface area contributed by atoms with Crippen LogP contribution in [0.3, 0.4) is 0 Å². The number of aromatic nitrogens is 2. The number of nitriles is 1. The molecule has 0 aliphatic carbocycles. The molecule has 1 aromatic heterocycles. The van der Waals surface area contributed by atoms with E-state index in [1.165, 1.54) is 10.9 Å². The lowest BCUT2D eigenvalue weighted by Gasteiger charge is -2.40. The Morgan fingerprint density at radius 2 is 1.89 bits per heavy atom. The van der Waals surface area contributed by atoms with Crippen LogP contribution in [0.5, 0.6) is 5.75 Å². The van der Waals surface area contributed by atoms with Gasteiger partial charge in [0, 0.05) is 31.4 Å². The van der Waals surface area contributed by atoms with E-state index in [0.29, 0.717) is 32.5 Å². The summed E-state index contributed by atoms with van der Waals surface area (Å²) in [5, 5.41) is 35.5. The highest BCUT2D eigenvalue weighted by Gasteiger charge is 2.38. The van der Waals surface area contributed by atoms with Gasteiger partial charge >= 0.3 is 6.09 Å². The summed E-state index contributed by atoms with van der Waals surface area (Å²) in [5.74, 6) is -0.722. The van der Waals surface area contributed by atoms with Crippen molar-refractivity contribution in [3.63, 3.8) is 0 Å². The zero-order valence-electron chi connectivity index (χ0n) is 19.0. The second-order valence-electron chi connectivity index (χ2n) is 8.68. The maximum atomic E-state index is 11.8. The minimum atomic E-state index is -1.36. The van der Waals surface area contributed by atoms with Crippen molar-refractivity contribution >= 4 is 17.8 Å². The van der Waals surface area contributed by atoms with Crippen molar-refractivity contribution in [3.05, 3.63) is 65.9 Å². The lowest BCUT2D eigenvalue weighted by Crippen LogP contribution is -2.46. The van der Waals surface area contributed by atoms with Crippen LogP contribution in [-0.4, -0.2) is 50.0 Å². The number of carbonyl (C=O) groups is 2. The first kappa shape index (κ1) is 23.8. The molecule has 1 aliphatic heterocycles. The molecule has 0 saturated carbocycles. The normalized spacial score (nSPS) is 15.3. The molecule has 0 unspecified atom stereocenters. The number of benzene rings is 2. The van der Waals surface area contributed by atoms with E-state index in [9.17, 15) is 20.0 Å². The van der Waals surface area contributed by atoms with E-state index in [4.69, 9.17) is 10.8 Å². The van der Waals surface area contributed by atoms with Gasteiger partial charge in [-0.3, -0.25) is 19.7 Å². The molecule has 35 heavy (non-hydrogen) atoms. The first-order valence-corrected chi connectivity index (χ1v) is 11.2. The number of nitrogens with two attached hydrogens (primary N) is 1. The van der Waals surface area contributed by atoms with Crippen molar-refractivity contribution < 1.29 is 19.8 Å². The van der Waals surface area contributed by atoms with E-state index in [0.717, 1.165) is 16.7 Å². The van der Waals surface area contributed by atoms with Crippen LogP contribution < -0.4 is 11.1 Å². The van der Waals surface area contributed by atoms with Crippen LogP contribution in [0.4, 0.5) is 10.6 Å². The van der Waals surface area contributed by atoms with E-state index in [2.05, 4.69) is 21.4 Å². The number of phenolic OH excluding ortho intramolecular Hbond substituents is 1. The number of primary amides is 1. The van der Waals surface area contributed by atoms with Gasteiger partial charge in [0.05, 0.1) is 18.0 Å². The first-order valence-electron chi connectivity index (χ1n) is 11.2. The number of carboxylic acid groups (broad SMARTS) is 1. The number of nitrogens with one attached hydrogen (secondary N) is 1. The lowest BCUT2D eigenvalue weighted by atomic mass is 9.84. The molecule has 1 fully saturated rings. The maximum Gasteiger partial charge on any atom is 0.410 e. The molecule has 180 valence electrons. The van der Waals surface area contributed by atoms with Gasteiger partial charge in [0.1, 0.15) is 11.3 Å². The lowest BCUT2D eigenvalue weighted by molar-refractivity contribution is 0.0966. The van der Waals surface area contributed by atoms with E-state index in [-0.39, 0.29) is 23.6 Å². The summed E-state index contributed by atoms with van der Waals surface area (Å²) in [5.41, 5.74) is 7.36. The molecule has 10 nitrogen and oxygen atoms in total. The summed E-state index contributed by atoms with van der Waals surface area (Å²) in [4.78, 5) is 25.1. The van der Waals surface area contributed by atoms with Crippen LogP contribution in [-0.2, 0) is 12.1 Å². The number of phenols is 1. The highest BCUT2D eigenvalue weighted by molar-refractivity contribution is 6.00. The molecule has 0 bridgehead atoms. The van der Waals surface area contributed by atoms with Gasteiger partial charge in [-0.2, -0.15) is 10.4 Å². The minimum absolute atomic E-state index is 0.0406. The molecular formula is C25H26N6O4. The Balaban J connectivity index is 1.49. The number of hydrogen-bond acceptors (Lipinski definition) is 6. The zero-order valence-corrected chi connectivity index (χ0v) is 19.0. The van der Waals surface area contributed by atoms with Crippen molar-refractivity contribution in [1.82, 2.24) is 14.7 Å². The van der Waals surface area contributed by atoms with Crippen molar-refractivity contribution in [2.45, 2.75) is 31.3 Å². The van der Waals surface area contributed by atoms with Crippen molar-refractivity contribution in [2.75, 3.05) is 18.4 Å². The van der Waals surface area contributed by atoms with Crippen LogP contribution in [0.1, 0.15) is 35.2 Å². The molecule has 4 rings (SSSR count). The number of anilines is 1. The minimum Gasteiger partial charge on any atom is -0.507 e. The fraction of sp³-hybridized carbons (Fsp3) is 0.280. The van der Waals surface area contributed by atoms with Crippen LogP contribution in [0.2, 0.25) is 0 Å². The molecule has 1 saturated heterocycles. The van der Waals surface area contributed by atoms with Gasteiger partial charge < -0.3 is 15.9 Å². The van der Waals surface area contributed by atoms with Crippen molar-refractivity contribution in [1.29, 1.82) is 5.26 Å². The molecule has 5 N–H and O–H groups in total. The van der Waals surface area contributed by atoms with Crippen LogP contribution in [0, 0.1) is 11.3 Å². The largest absolute Gasteiger partial charge is 0.507 e. The number of rotatable bonds is 7. The van der Waals surface area contributed by atoms with Gasteiger partial charge in [0.2, 0.25) is 0 Å². The summed E-state index contributed by atoms with van der Waals surface area (Å²) in [6.07, 6.45) is 1.35. The summed E-state index contributed by atoms with van der Waals surface area (Å²) < 4.78 is 1.51. The van der Waals surface area contributed by atoms with Crippen molar-refractivity contribution in [3.8, 4) is 22.9 Å². The SMILES string of the molecule is N#CCC1(n2cc(C(N)=O)c(NC(=O)O)n2)CCN(Cc2ccc(-c3ccccc3)c(O)c2)CC1. The molecule has 0 spiro atoms. The average molecular weight is 475 g/mol. The summed E-state index contributed by atoms with van der Waals surface area (Å²) in [7, 11) is 0. The Morgan fingerprint density at radius 3 is 2.49 bits per heavy atom. The zero-order chi connectivity index (χ0) is 25.0. The predicted octanol–water partition coefficient (Wildman–Crippen LogP) is 3.35. The Hall–Kier alpha value is -4.36. The summed E-state index contributed by atoms with van der Waals surface area (Å²) >= 11 is 0. The number of hydrogen-bond donors (Lipinski definition) is 4. The molecule has 10 heteroatoms. The number of likely N-dealkylation sites (tertiary alicyclic amines) is 1. The van der Waals surface area contributed by atoms with Gasteiger partial charge in [-0.15, -0.1) is 0 Å². The molecular weight excluding hydrogens is 448 g/mol. The fourth-order valence-electron chi connectivity index (χ4n) is 4.55.